The summed E-state index contributed by atoms with van der Waals surface area (Å²) in [6, 6.07) is 9.08. The zero-order valence-electron chi connectivity index (χ0n) is 18.8. The molecule has 2 aromatic heterocycles. The van der Waals surface area contributed by atoms with Crippen molar-refractivity contribution in [3.63, 3.8) is 0 Å². The van der Waals surface area contributed by atoms with Crippen LogP contribution in [0.15, 0.2) is 40.8 Å². The van der Waals surface area contributed by atoms with Gasteiger partial charge in [0.25, 0.3) is 5.91 Å². The second kappa shape index (κ2) is 10.1. The second-order valence-corrected chi connectivity index (χ2v) is 9.21. The number of carbonyl (C=O) groups excluding carboxylic acids is 2. The number of rotatable bonds is 8. The lowest BCUT2D eigenvalue weighted by molar-refractivity contribution is -0.386. The lowest BCUT2D eigenvalue weighted by Gasteiger charge is -2.14. The summed E-state index contributed by atoms with van der Waals surface area (Å²) in [6.07, 6.45) is 3.40. The SMILES string of the molecule is CC(C)OC(=O)c1c(NC(=O)c2ccc(COc3ccccc3[N+](=O)[O-])o2)sc2c1CCCC2. The van der Waals surface area contributed by atoms with E-state index in [4.69, 9.17) is 13.9 Å². The quantitative estimate of drug-likeness (QED) is 0.254. The highest BCUT2D eigenvalue weighted by molar-refractivity contribution is 7.17. The highest BCUT2D eigenvalue weighted by Crippen LogP contribution is 2.39. The fraction of sp³-hybridized carbons (Fsp3) is 0.333. The van der Waals surface area contributed by atoms with E-state index >= 15 is 0 Å². The van der Waals surface area contributed by atoms with Crippen LogP contribution < -0.4 is 10.1 Å². The Kier molecular flexibility index (Phi) is 6.97. The largest absolute Gasteiger partial charge is 0.479 e. The smallest absolute Gasteiger partial charge is 0.341 e. The number of hydrogen-bond acceptors (Lipinski definition) is 8. The van der Waals surface area contributed by atoms with Crippen LogP contribution in [0.5, 0.6) is 5.75 Å². The molecule has 0 saturated carbocycles. The molecule has 9 nitrogen and oxygen atoms in total. The summed E-state index contributed by atoms with van der Waals surface area (Å²) in [5.41, 5.74) is 1.22. The van der Waals surface area contributed by atoms with E-state index in [0.717, 1.165) is 36.1 Å². The van der Waals surface area contributed by atoms with Crippen molar-refractivity contribution in [2.45, 2.75) is 52.2 Å². The number of aryl methyl sites for hydroxylation is 1. The predicted octanol–water partition coefficient (Wildman–Crippen LogP) is 5.52. The van der Waals surface area contributed by atoms with Crippen molar-refractivity contribution in [1.82, 2.24) is 0 Å². The first-order chi connectivity index (χ1) is 16.3. The van der Waals surface area contributed by atoms with Gasteiger partial charge in [-0.2, -0.15) is 0 Å². The number of ether oxygens (including phenoxy) is 2. The van der Waals surface area contributed by atoms with Crippen LogP contribution in [0.2, 0.25) is 0 Å². The molecule has 0 atom stereocenters. The van der Waals surface area contributed by atoms with Crippen LogP contribution in [0.1, 0.15) is 63.8 Å². The third-order valence-electron chi connectivity index (χ3n) is 5.26. The molecule has 2 heterocycles. The second-order valence-electron chi connectivity index (χ2n) is 8.10. The van der Waals surface area contributed by atoms with Gasteiger partial charge in [-0.25, -0.2) is 4.79 Å². The lowest BCUT2D eigenvalue weighted by atomic mass is 9.95. The van der Waals surface area contributed by atoms with Crippen LogP contribution in [-0.4, -0.2) is 22.9 Å². The molecule has 0 bridgehead atoms. The van der Waals surface area contributed by atoms with E-state index in [2.05, 4.69) is 5.32 Å². The number of carbonyl (C=O) groups is 2. The van der Waals surface area contributed by atoms with E-state index in [1.54, 1.807) is 32.0 Å². The Balaban J connectivity index is 1.49. The highest BCUT2D eigenvalue weighted by atomic mass is 32.1. The van der Waals surface area contributed by atoms with Crippen LogP contribution >= 0.6 is 11.3 Å². The molecule has 0 unspecified atom stereocenters. The number of furan rings is 1. The minimum Gasteiger partial charge on any atom is -0.479 e. The number of fused-ring (bicyclic) bond motifs is 1. The van der Waals surface area contributed by atoms with E-state index in [0.29, 0.717) is 16.3 Å². The Morgan fingerprint density at radius 3 is 2.71 bits per heavy atom. The first-order valence-corrected chi connectivity index (χ1v) is 11.8. The lowest BCUT2D eigenvalue weighted by Crippen LogP contribution is -2.17. The van der Waals surface area contributed by atoms with Crippen molar-refractivity contribution in [2.75, 3.05) is 5.32 Å². The fourth-order valence-corrected chi connectivity index (χ4v) is 5.04. The number of nitro benzene ring substituents is 1. The molecule has 4 rings (SSSR count). The summed E-state index contributed by atoms with van der Waals surface area (Å²) in [5, 5.41) is 14.4. The Labute approximate surface area is 199 Å². The zero-order valence-corrected chi connectivity index (χ0v) is 19.6. The molecule has 1 aliphatic rings. The monoisotopic (exact) mass is 484 g/mol. The molecular formula is C24H24N2O7S. The Morgan fingerprint density at radius 2 is 1.94 bits per heavy atom. The summed E-state index contributed by atoms with van der Waals surface area (Å²) in [7, 11) is 0. The number of para-hydroxylation sites is 2. The van der Waals surface area contributed by atoms with E-state index in [1.807, 2.05) is 0 Å². The van der Waals surface area contributed by atoms with E-state index in [9.17, 15) is 19.7 Å². The minimum atomic E-state index is -0.529. The van der Waals surface area contributed by atoms with Gasteiger partial charge in [0.15, 0.2) is 11.5 Å². The Morgan fingerprint density at radius 1 is 1.18 bits per heavy atom. The van der Waals surface area contributed by atoms with Crippen molar-refractivity contribution >= 4 is 33.9 Å². The molecule has 1 N–H and O–H groups in total. The topological polar surface area (TPSA) is 121 Å². The number of nitro groups is 1. The summed E-state index contributed by atoms with van der Waals surface area (Å²) in [4.78, 5) is 37.3. The van der Waals surface area contributed by atoms with Crippen LogP contribution in [0.3, 0.4) is 0 Å². The van der Waals surface area contributed by atoms with Crippen molar-refractivity contribution in [3.8, 4) is 5.75 Å². The zero-order chi connectivity index (χ0) is 24.2. The Bertz CT molecular complexity index is 1230. The van der Waals surface area contributed by atoms with Crippen molar-refractivity contribution < 1.29 is 28.4 Å². The molecule has 178 valence electrons. The molecular weight excluding hydrogens is 460 g/mol. The van der Waals surface area contributed by atoms with Crippen LogP contribution in [0, 0.1) is 10.1 Å². The highest BCUT2D eigenvalue weighted by Gasteiger charge is 2.28. The number of nitrogens with zero attached hydrogens (tertiary/aromatic N) is 1. The molecule has 0 radical (unpaired) electrons. The van der Waals surface area contributed by atoms with E-state index in [-0.39, 0.29) is 29.9 Å². The maximum absolute atomic E-state index is 12.9. The van der Waals surface area contributed by atoms with Crippen LogP contribution in [0.4, 0.5) is 10.7 Å². The maximum Gasteiger partial charge on any atom is 0.341 e. The van der Waals surface area contributed by atoms with E-state index < -0.39 is 16.8 Å². The number of nitrogens with one attached hydrogen (secondary N) is 1. The third-order valence-corrected chi connectivity index (χ3v) is 6.47. The molecule has 34 heavy (non-hydrogen) atoms. The van der Waals surface area contributed by atoms with Gasteiger partial charge < -0.3 is 19.2 Å². The summed E-state index contributed by atoms with van der Waals surface area (Å²) >= 11 is 1.40. The number of anilines is 1. The van der Waals surface area contributed by atoms with Crippen molar-refractivity contribution in [2.24, 2.45) is 0 Å². The molecule has 3 aromatic rings. The van der Waals surface area contributed by atoms with Gasteiger partial charge in [0, 0.05) is 10.9 Å². The average molecular weight is 485 g/mol. The first kappa shape index (κ1) is 23.5. The maximum atomic E-state index is 12.9. The van der Waals surface area contributed by atoms with Gasteiger partial charge in [-0.3, -0.25) is 14.9 Å². The number of benzene rings is 1. The summed E-state index contributed by atoms with van der Waals surface area (Å²) in [5.74, 6) is -0.479. The number of amides is 1. The average Bonchev–Trinajstić information content (AvgIpc) is 3.41. The van der Waals surface area contributed by atoms with Crippen molar-refractivity contribution in [3.05, 3.63) is 74.0 Å². The molecule has 1 aliphatic carbocycles. The minimum absolute atomic E-state index is 0.0377. The normalized spacial score (nSPS) is 12.8. The van der Waals surface area contributed by atoms with E-state index in [1.165, 1.54) is 29.5 Å². The van der Waals surface area contributed by atoms with Gasteiger partial charge >= 0.3 is 11.7 Å². The number of thiophene rings is 1. The van der Waals surface area contributed by atoms with Gasteiger partial charge in [0.1, 0.15) is 17.4 Å². The van der Waals surface area contributed by atoms with Crippen LogP contribution in [0.25, 0.3) is 0 Å². The molecule has 0 fully saturated rings. The van der Waals surface area contributed by atoms with Gasteiger partial charge in [0.05, 0.1) is 16.6 Å². The number of hydrogen-bond donors (Lipinski definition) is 1. The van der Waals surface area contributed by atoms with Crippen LogP contribution in [-0.2, 0) is 24.2 Å². The van der Waals surface area contributed by atoms with Crippen molar-refractivity contribution in [1.29, 1.82) is 0 Å². The third kappa shape index (κ3) is 5.12. The first-order valence-electron chi connectivity index (χ1n) is 10.9. The molecule has 10 heteroatoms. The van der Waals surface area contributed by atoms with Gasteiger partial charge in [0.2, 0.25) is 0 Å². The predicted molar refractivity (Wildman–Crippen MR) is 126 cm³/mol. The molecule has 0 aliphatic heterocycles. The van der Waals surface area contributed by atoms with Gasteiger partial charge in [-0.1, -0.05) is 12.1 Å². The Hall–Kier alpha value is -3.66. The standard InChI is InChI=1S/C24H24N2O7S/c1-14(2)32-24(28)21-16-7-3-6-10-20(16)34-23(21)25-22(27)19-12-11-15(33-19)13-31-18-9-5-4-8-17(18)26(29)30/h4-5,8-9,11-12,14H,3,6-7,10,13H2,1-2H3,(H,25,27). The molecule has 1 amide bonds. The molecule has 0 saturated heterocycles. The summed E-state index contributed by atoms with van der Waals surface area (Å²) < 4.78 is 16.5. The molecule has 1 aromatic carbocycles. The summed E-state index contributed by atoms with van der Waals surface area (Å²) in [6.45, 7) is 3.48. The molecule has 0 spiro atoms. The van der Waals surface area contributed by atoms with Gasteiger partial charge in [-0.05, 0) is 63.3 Å². The van der Waals surface area contributed by atoms with Gasteiger partial charge in [-0.15, -0.1) is 11.3 Å². The fourth-order valence-electron chi connectivity index (χ4n) is 3.76. The number of esters is 1.